The van der Waals surface area contributed by atoms with E-state index in [1.807, 2.05) is 0 Å². The smallest absolute Gasteiger partial charge is 0.0723 e. The predicted octanol–water partition coefficient (Wildman–Crippen LogP) is 9.20. The van der Waals surface area contributed by atoms with Crippen LogP contribution >= 0.6 is 0 Å². The summed E-state index contributed by atoms with van der Waals surface area (Å²) in [5.41, 5.74) is 12.7. The van der Waals surface area contributed by atoms with Crippen LogP contribution in [0.4, 0.5) is 0 Å². The Morgan fingerprint density at radius 1 is 0.611 bits per heavy atom. The second kappa shape index (κ2) is 7.97. The highest BCUT2D eigenvalue weighted by Gasteiger charge is 2.41. The van der Waals surface area contributed by atoms with Crippen molar-refractivity contribution in [3.63, 3.8) is 0 Å². The standard InChI is InChI=1S/C35H31B/c1-23-21-36(22-35(23,2)3)31-20-19-30-32-28(31)15-10-16-29(32)33-26(24-11-6-4-7-12-24)17-18-27(34(30)33)25-13-8-5-9-14-25/h4-20,23H,21-22H2,1-3H3. The number of hydrogen-bond donors (Lipinski definition) is 0. The quantitative estimate of drug-likeness (QED) is 0.230. The molecule has 36 heavy (non-hydrogen) atoms. The van der Waals surface area contributed by atoms with Gasteiger partial charge < -0.3 is 0 Å². The monoisotopic (exact) mass is 462 g/mol. The Balaban J connectivity index is 1.52. The molecule has 1 aliphatic heterocycles. The Hall–Kier alpha value is -3.58. The Morgan fingerprint density at radius 2 is 1.17 bits per heavy atom. The van der Waals surface area contributed by atoms with Crippen molar-refractivity contribution >= 4 is 22.9 Å². The molecule has 1 heterocycles. The van der Waals surface area contributed by atoms with Gasteiger partial charge in [0.15, 0.2) is 6.71 Å². The Bertz CT molecular complexity index is 1540. The Kier molecular flexibility index (Phi) is 4.80. The zero-order valence-electron chi connectivity index (χ0n) is 21.4. The minimum Gasteiger partial charge on any atom is -0.0723 e. The van der Waals surface area contributed by atoms with Crippen LogP contribution in [-0.2, 0) is 0 Å². The van der Waals surface area contributed by atoms with E-state index in [9.17, 15) is 0 Å². The number of benzene rings is 5. The highest BCUT2D eigenvalue weighted by Crippen LogP contribution is 2.54. The van der Waals surface area contributed by atoms with Crippen LogP contribution in [-0.4, -0.2) is 6.71 Å². The van der Waals surface area contributed by atoms with Crippen molar-refractivity contribution < 1.29 is 0 Å². The molecular formula is C35H31B. The second-order valence-electron chi connectivity index (χ2n) is 11.6. The van der Waals surface area contributed by atoms with Gasteiger partial charge in [0.25, 0.3) is 0 Å². The molecule has 1 fully saturated rings. The summed E-state index contributed by atoms with van der Waals surface area (Å²) in [4.78, 5) is 0. The third-order valence-corrected chi connectivity index (χ3v) is 9.17. The van der Waals surface area contributed by atoms with Gasteiger partial charge >= 0.3 is 0 Å². The molecule has 7 rings (SSSR count). The summed E-state index contributed by atoms with van der Waals surface area (Å²) >= 11 is 0. The summed E-state index contributed by atoms with van der Waals surface area (Å²) in [7, 11) is 0. The number of rotatable bonds is 3. The molecule has 0 spiro atoms. The lowest BCUT2D eigenvalue weighted by atomic mass is 9.42. The van der Waals surface area contributed by atoms with Gasteiger partial charge in [-0.15, -0.1) is 0 Å². The molecule has 1 atom stereocenters. The van der Waals surface area contributed by atoms with E-state index in [2.05, 4.69) is 124 Å². The topological polar surface area (TPSA) is 0 Å². The number of fused-ring (bicyclic) bond motifs is 3. The molecule has 1 unspecified atom stereocenters. The summed E-state index contributed by atoms with van der Waals surface area (Å²) in [6.07, 6.45) is 2.55. The van der Waals surface area contributed by atoms with Gasteiger partial charge in [-0.05, 0) is 66.6 Å². The molecule has 0 bridgehead atoms. The minimum atomic E-state index is 0.400. The summed E-state index contributed by atoms with van der Waals surface area (Å²) < 4.78 is 0. The molecule has 0 amide bonds. The second-order valence-corrected chi connectivity index (χ2v) is 11.6. The van der Waals surface area contributed by atoms with Crippen LogP contribution in [0.3, 0.4) is 0 Å². The lowest BCUT2D eigenvalue weighted by Crippen LogP contribution is -2.28. The van der Waals surface area contributed by atoms with E-state index in [1.54, 1.807) is 5.46 Å². The van der Waals surface area contributed by atoms with Crippen molar-refractivity contribution in [3.8, 4) is 44.5 Å². The third kappa shape index (κ3) is 3.15. The first-order valence-corrected chi connectivity index (χ1v) is 13.4. The molecule has 1 saturated heterocycles. The van der Waals surface area contributed by atoms with E-state index in [4.69, 9.17) is 0 Å². The zero-order chi connectivity index (χ0) is 24.4. The highest BCUT2D eigenvalue weighted by molar-refractivity contribution is 6.76. The van der Waals surface area contributed by atoms with E-state index >= 15 is 0 Å². The first-order chi connectivity index (χ1) is 17.5. The highest BCUT2D eigenvalue weighted by atomic mass is 14.3. The maximum atomic E-state index is 2.46. The summed E-state index contributed by atoms with van der Waals surface area (Å²) in [5, 5.41) is 2.90. The van der Waals surface area contributed by atoms with Crippen LogP contribution in [0.15, 0.2) is 103 Å². The SMILES string of the molecule is CC1CB(c2ccc3c4c(cccc24)-c2c(-c4ccccc4)ccc(-c4ccccc4)c2-3)CC1(C)C. The van der Waals surface area contributed by atoms with Crippen molar-refractivity contribution in [3.05, 3.63) is 103 Å². The lowest BCUT2D eigenvalue weighted by Gasteiger charge is -2.23. The lowest BCUT2D eigenvalue weighted by molar-refractivity contribution is 0.306. The van der Waals surface area contributed by atoms with Crippen LogP contribution in [0.2, 0.25) is 12.6 Å². The van der Waals surface area contributed by atoms with E-state index in [0.717, 1.165) is 5.92 Å². The van der Waals surface area contributed by atoms with Crippen molar-refractivity contribution in [2.75, 3.05) is 0 Å². The normalized spacial score (nSPS) is 17.5. The van der Waals surface area contributed by atoms with Gasteiger partial charge in [-0.2, -0.15) is 0 Å². The molecule has 0 radical (unpaired) electrons. The fourth-order valence-electron chi connectivity index (χ4n) is 6.98. The molecule has 2 aliphatic rings. The van der Waals surface area contributed by atoms with Crippen LogP contribution in [0, 0.1) is 11.3 Å². The molecule has 0 saturated carbocycles. The first kappa shape index (κ1) is 21.7. The van der Waals surface area contributed by atoms with Gasteiger partial charge in [0.1, 0.15) is 0 Å². The molecule has 174 valence electrons. The average Bonchev–Trinajstić information content (AvgIpc) is 3.39. The van der Waals surface area contributed by atoms with Crippen molar-refractivity contribution in [1.82, 2.24) is 0 Å². The van der Waals surface area contributed by atoms with Crippen LogP contribution in [0.5, 0.6) is 0 Å². The Morgan fingerprint density at radius 3 is 1.72 bits per heavy atom. The van der Waals surface area contributed by atoms with Gasteiger partial charge in [0.2, 0.25) is 0 Å². The van der Waals surface area contributed by atoms with Crippen molar-refractivity contribution in [2.45, 2.75) is 33.4 Å². The van der Waals surface area contributed by atoms with Crippen LogP contribution in [0.25, 0.3) is 55.3 Å². The third-order valence-electron chi connectivity index (χ3n) is 9.17. The first-order valence-electron chi connectivity index (χ1n) is 13.4. The van der Waals surface area contributed by atoms with Gasteiger partial charge in [0, 0.05) is 0 Å². The predicted molar refractivity (Wildman–Crippen MR) is 157 cm³/mol. The largest absolute Gasteiger partial charge is 0.177 e. The molecule has 5 aromatic carbocycles. The summed E-state index contributed by atoms with van der Waals surface area (Å²) in [6.45, 7) is 7.97. The molecule has 0 nitrogen and oxygen atoms in total. The van der Waals surface area contributed by atoms with Crippen molar-refractivity contribution in [1.29, 1.82) is 0 Å². The maximum Gasteiger partial charge on any atom is 0.177 e. The average molecular weight is 462 g/mol. The van der Waals surface area contributed by atoms with Gasteiger partial charge in [-0.1, -0.05) is 142 Å². The molecule has 0 N–H and O–H groups in total. The molecule has 5 aromatic rings. The zero-order valence-corrected chi connectivity index (χ0v) is 21.4. The van der Waals surface area contributed by atoms with Gasteiger partial charge in [0.05, 0.1) is 0 Å². The van der Waals surface area contributed by atoms with Crippen molar-refractivity contribution in [2.24, 2.45) is 11.3 Å². The van der Waals surface area contributed by atoms with Gasteiger partial charge in [-0.3, -0.25) is 0 Å². The van der Waals surface area contributed by atoms with Crippen LogP contribution in [0.1, 0.15) is 20.8 Å². The van der Waals surface area contributed by atoms with Gasteiger partial charge in [-0.25, -0.2) is 0 Å². The molecule has 1 aliphatic carbocycles. The fraction of sp³-hybridized carbons (Fsp3) is 0.200. The summed E-state index contributed by atoms with van der Waals surface area (Å²) in [5.74, 6) is 0.747. The molecular weight excluding hydrogens is 431 g/mol. The van der Waals surface area contributed by atoms with E-state index in [0.29, 0.717) is 12.1 Å². The maximum absolute atomic E-state index is 2.46. The summed E-state index contributed by atoms with van der Waals surface area (Å²) in [6, 6.07) is 38.4. The van der Waals surface area contributed by atoms with Crippen LogP contribution < -0.4 is 5.46 Å². The van der Waals surface area contributed by atoms with E-state index in [-0.39, 0.29) is 0 Å². The fourth-order valence-corrected chi connectivity index (χ4v) is 6.98. The number of hydrogen-bond acceptors (Lipinski definition) is 0. The minimum absolute atomic E-state index is 0.400. The van der Waals surface area contributed by atoms with E-state index in [1.165, 1.54) is 67.9 Å². The molecule has 1 heteroatoms. The van der Waals surface area contributed by atoms with E-state index < -0.39 is 0 Å². The molecule has 0 aromatic heterocycles. The Labute approximate surface area is 215 Å².